The number of amides is 2. The number of hydrogen-bond donors (Lipinski definition) is 3. The van der Waals surface area contributed by atoms with Crippen LogP contribution in [0.1, 0.15) is 49.2 Å². The lowest BCUT2D eigenvalue weighted by Crippen LogP contribution is -2.57. The van der Waals surface area contributed by atoms with Crippen LogP contribution in [0, 0.1) is 11.8 Å². The first-order valence-electron chi connectivity index (χ1n) is 12.4. The van der Waals surface area contributed by atoms with Crippen molar-refractivity contribution >= 4 is 40.0 Å². The molecule has 2 fully saturated rings. The van der Waals surface area contributed by atoms with Gasteiger partial charge in [0.2, 0.25) is 11.8 Å². The first-order chi connectivity index (χ1) is 17.5. The molecule has 36 heavy (non-hydrogen) atoms. The number of aliphatic carboxylic acids is 1. The average molecular weight is 507 g/mol. The van der Waals surface area contributed by atoms with Gasteiger partial charge in [-0.3, -0.25) is 24.6 Å². The highest BCUT2D eigenvalue weighted by molar-refractivity contribution is 7.09. The van der Waals surface area contributed by atoms with Crippen LogP contribution in [-0.2, 0) is 20.8 Å². The number of carboxylic acid groups (broad SMARTS) is 1. The number of H-pyrrole nitrogens is 1. The Morgan fingerprint density at radius 2 is 2.03 bits per heavy atom. The highest BCUT2D eigenvalue weighted by atomic mass is 32.1. The van der Waals surface area contributed by atoms with Crippen molar-refractivity contribution in [2.24, 2.45) is 11.8 Å². The number of thiazole rings is 1. The molecular formula is C27H30N4O4S. The van der Waals surface area contributed by atoms with E-state index < -0.39 is 35.3 Å². The summed E-state index contributed by atoms with van der Waals surface area (Å²) >= 11 is 1.36. The maximum absolute atomic E-state index is 13.7. The Bertz CT molecular complexity index is 1300. The minimum absolute atomic E-state index is 0.0686. The molecule has 4 unspecified atom stereocenters. The molecule has 0 spiro atoms. The standard InChI is InChI=1S/C27H30N4O4S/c1-2-3-4-5-6-9-13-31-24(32)20-21(25(31)33)27(26(34)35,30-22(20)23-28-12-14-36-23)15-17-16-29-19-11-8-7-10-18(17)19/h5-8,10-12,14,16,20-22,29-30H,2-4,9,13,15H2,1H3,(H,34,35). The Morgan fingerprint density at radius 3 is 2.78 bits per heavy atom. The number of nitrogens with zero attached hydrogens (tertiary/aromatic N) is 2. The number of rotatable bonds is 10. The van der Waals surface area contributed by atoms with Gasteiger partial charge in [0.05, 0.1) is 17.9 Å². The number of unbranched alkanes of at least 4 members (excludes halogenated alkanes) is 2. The number of para-hydroxylation sites is 1. The molecule has 188 valence electrons. The summed E-state index contributed by atoms with van der Waals surface area (Å²) in [5, 5.41) is 17.2. The number of carbonyl (C=O) groups excluding carboxylic acids is 2. The van der Waals surface area contributed by atoms with Crippen LogP contribution in [0.15, 0.2) is 54.2 Å². The minimum atomic E-state index is -1.63. The maximum Gasteiger partial charge on any atom is 0.325 e. The van der Waals surface area contributed by atoms with Gasteiger partial charge in [0.25, 0.3) is 0 Å². The Balaban J connectivity index is 1.50. The van der Waals surface area contributed by atoms with Gasteiger partial charge in [0.1, 0.15) is 10.5 Å². The predicted molar refractivity (Wildman–Crippen MR) is 137 cm³/mol. The molecule has 0 saturated carbocycles. The predicted octanol–water partition coefficient (Wildman–Crippen LogP) is 4.07. The Morgan fingerprint density at radius 1 is 1.22 bits per heavy atom. The van der Waals surface area contributed by atoms with Crippen LogP contribution in [0.3, 0.4) is 0 Å². The third-order valence-electron chi connectivity index (χ3n) is 7.40. The van der Waals surface area contributed by atoms with Crippen LogP contribution < -0.4 is 5.32 Å². The average Bonchev–Trinajstić information content (AvgIpc) is 3.64. The minimum Gasteiger partial charge on any atom is -0.480 e. The van der Waals surface area contributed by atoms with Crippen molar-refractivity contribution in [1.29, 1.82) is 0 Å². The fourth-order valence-electron chi connectivity index (χ4n) is 5.66. The summed E-state index contributed by atoms with van der Waals surface area (Å²) in [5.41, 5.74) is 0.0470. The van der Waals surface area contributed by atoms with Crippen molar-refractivity contribution in [1.82, 2.24) is 20.2 Å². The normalized spacial score (nSPS) is 25.9. The van der Waals surface area contributed by atoms with Crippen molar-refractivity contribution in [2.45, 2.75) is 50.6 Å². The van der Waals surface area contributed by atoms with Gasteiger partial charge in [-0.15, -0.1) is 11.3 Å². The van der Waals surface area contributed by atoms with Crippen molar-refractivity contribution in [3.63, 3.8) is 0 Å². The maximum atomic E-state index is 13.7. The molecule has 2 aromatic heterocycles. The number of aromatic nitrogens is 2. The Labute approximate surface area is 213 Å². The third kappa shape index (κ3) is 4.06. The summed E-state index contributed by atoms with van der Waals surface area (Å²) in [6.45, 7) is 2.38. The summed E-state index contributed by atoms with van der Waals surface area (Å²) in [5.74, 6) is -3.70. The monoisotopic (exact) mass is 506 g/mol. The number of imide groups is 1. The smallest absolute Gasteiger partial charge is 0.325 e. The van der Waals surface area contributed by atoms with E-state index in [1.807, 2.05) is 30.3 Å². The van der Waals surface area contributed by atoms with Gasteiger partial charge < -0.3 is 10.1 Å². The van der Waals surface area contributed by atoms with Crippen LogP contribution >= 0.6 is 11.3 Å². The van der Waals surface area contributed by atoms with Crippen LogP contribution in [0.2, 0.25) is 0 Å². The molecule has 9 heteroatoms. The fourth-order valence-corrected chi connectivity index (χ4v) is 6.39. The van der Waals surface area contributed by atoms with E-state index in [-0.39, 0.29) is 18.9 Å². The number of benzene rings is 1. The quantitative estimate of drug-likeness (QED) is 0.217. The van der Waals surface area contributed by atoms with E-state index in [1.54, 1.807) is 17.8 Å². The number of fused-ring (bicyclic) bond motifs is 2. The summed E-state index contributed by atoms with van der Waals surface area (Å²) in [6, 6.07) is 7.02. The van der Waals surface area contributed by atoms with E-state index in [2.05, 4.69) is 28.3 Å². The van der Waals surface area contributed by atoms with Crippen molar-refractivity contribution in [3.8, 4) is 0 Å². The lowest BCUT2D eigenvalue weighted by molar-refractivity contribution is -0.151. The summed E-state index contributed by atoms with van der Waals surface area (Å²) in [4.78, 5) is 49.2. The van der Waals surface area contributed by atoms with Gasteiger partial charge in [-0.25, -0.2) is 4.98 Å². The van der Waals surface area contributed by atoms with Crippen LogP contribution in [-0.4, -0.2) is 49.8 Å². The molecule has 3 N–H and O–H groups in total. The second-order valence-corrected chi connectivity index (χ2v) is 10.5. The van der Waals surface area contributed by atoms with Gasteiger partial charge in [0, 0.05) is 41.6 Å². The third-order valence-corrected chi connectivity index (χ3v) is 8.26. The molecule has 4 atom stereocenters. The van der Waals surface area contributed by atoms with Crippen molar-refractivity contribution in [2.75, 3.05) is 6.54 Å². The molecule has 0 aliphatic carbocycles. The van der Waals surface area contributed by atoms with Crippen LogP contribution in [0.25, 0.3) is 10.9 Å². The van der Waals surface area contributed by atoms with E-state index in [4.69, 9.17) is 0 Å². The zero-order valence-electron chi connectivity index (χ0n) is 20.1. The van der Waals surface area contributed by atoms with Gasteiger partial charge in [-0.05, 0) is 24.5 Å². The largest absolute Gasteiger partial charge is 0.480 e. The van der Waals surface area contributed by atoms with E-state index in [0.717, 1.165) is 35.7 Å². The molecule has 2 aliphatic rings. The summed E-state index contributed by atoms with van der Waals surface area (Å²) in [6.07, 6.45) is 11.3. The number of allylic oxidation sites excluding steroid dienone is 1. The van der Waals surface area contributed by atoms with E-state index in [1.165, 1.54) is 16.2 Å². The fraction of sp³-hybridized carbons (Fsp3) is 0.407. The number of hydrogen-bond acceptors (Lipinski definition) is 6. The first kappa shape index (κ1) is 24.4. The van der Waals surface area contributed by atoms with Crippen molar-refractivity contribution < 1.29 is 19.5 Å². The molecule has 2 amide bonds. The van der Waals surface area contributed by atoms with Gasteiger partial charge in [0.15, 0.2) is 0 Å². The van der Waals surface area contributed by atoms with Gasteiger partial charge in [-0.1, -0.05) is 50.1 Å². The molecular weight excluding hydrogens is 476 g/mol. The molecule has 0 radical (unpaired) electrons. The zero-order valence-corrected chi connectivity index (χ0v) is 21.0. The molecule has 0 bridgehead atoms. The Hall–Kier alpha value is -3.30. The molecule has 1 aromatic carbocycles. The highest BCUT2D eigenvalue weighted by Crippen LogP contribution is 2.50. The summed E-state index contributed by atoms with van der Waals surface area (Å²) < 4.78 is 0. The van der Waals surface area contributed by atoms with E-state index >= 15 is 0 Å². The number of carbonyl (C=O) groups is 3. The lowest BCUT2D eigenvalue weighted by Gasteiger charge is -2.31. The highest BCUT2D eigenvalue weighted by Gasteiger charge is 2.68. The molecule has 2 saturated heterocycles. The lowest BCUT2D eigenvalue weighted by atomic mass is 9.76. The molecule has 4 heterocycles. The van der Waals surface area contributed by atoms with E-state index in [0.29, 0.717) is 11.4 Å². The van der Waals surface area contributed by atoms with E-state index in [9.17, 15) is 19.5 Å². The van der Waals surface area contributed by atoms with Crippen molar-refractivity contribution in [3.05, 3.63) is 64.8 Å². The Kier molecular flexibility index (Phi) is 6.77. The number of likely N-dealkylation sites (tertiary alicyclic amines) is 1. The van der Waals surface area contributed by atoms with Crippen LogP contribution in [0.4, 0.5) is 0 Å². The molecule has 8 nitrogen and oxygen atoms in total. The number of nitrogens with one attached hydrogen (secondary N) is 2. The first-order valence-corrected chi connectivity index (χ1v) is 13.3. The summed E-state index contributed by atoms with van der Waals surface area (Å²) in [7, 11) is 0. The van der Waals surface area contributed by atoms with Gasteiger partial charge >= 0.3 is 5.97 Å². The van der Waals surface area contributed by atoms with Crippen LogP contribution in [0.5, 0.6) is 0 Å². The second-order valence-electron chi connectivity index (χ2n) is 9.54. The SMILES string of the molecule is CCCCC=CCCN1C(=O)C2C(c3nccs3)NC(Cc3c[nH]c4ccccc34)(C(=O)O)C2C1=O. The molecule has 5 rings (SSSR count). The second kappa shape index (κ2) is 9.99. The molecule has 2 aliphatic heterocycles. The topological polar surface area (TPSA) is 115 Å². The molecule has 3 aromatic rings. The number of carboxylic acids is 1. The number of aromatic amines is 1. The zero-order chi connectivity index (χ0) is 25.3. The van der Waals surface area contributed by atoms with Gasteiger partial charge in [-0.2, -0.15) is 0 Å².